The molecule has 0 amide bonds. The van der Waals surface area contributed by atoms with Gasteiger partial charge in [-0.05, 0) is 32.6 Å². The minimum absolute atomic E-state index is 0.149. The van der Waals surface area contributed by atoms with Crippen molar-refractivity contribution in [1.82, 2.24) is 10.3 Å². The molecule has 23 heavy (non-hydrogen) atoms. The first kappa shape index (κ1) is 16.1. The monoisotopic (exact) mass is 330 g/mol. The Labute approximate surface area is 140 Å². The molecule has 0 aliphatic heterocycles. The fourth-order valence-electron chi connectivity index (χ4n) is 3.01. The van der Waals surface area contributed by atoms with E-state index < -0.39 is 5.97 Å². The Hall–Kier alpha value is -1.72. The highest BCUT2D eigenvalue weighted by atomic mass is 32.1. The summed E-state index contributed by atoms with van der Waals surface area (Å²) in [5, 5.41) is 13.6. The second-order valence-electron chi connectivity index (χ2n) is 6.27. The van der Waals surface area contributed by atoms with E-state index in [0.717, 1.165) is 42.8 Å². The topological polar surface area (TPSA) is 62.2 Å². The summed E-state index contributed by atoms with van der Waals surface area (Å²) in [7, 11) is 0. The molecule has 4 nitrogen and oxygen atoms in total. The van der Waals surface area contributed by atoms with Gasteiger partial charge in [0, 0.05) is 29.2 Å². The van der Waals surface area contributed by atoms with Gasteiger partial charge in [-0.1, -0.05) is 29.8 Å². The summed E-state index contributed by atoms with van der Waals surface area (Å²) in [6, 6.07) is 8.86. The van der Waals surface area contributed by atoms with Crippen LogP contribution >= 0.6 is 11.3 Å². The van der Waals surface area contributed by atoms with Crippen molar-refractivity contribution in [3.63, 3.8) is 0 Å². The molecule has 0 unspecified atom stereocenters. The van der Waals surface area contributed by atoms with Crippen LogP contribution in [0.4, 0.5) is 0 Å². The van der Waals surface area contributed by atoms with E-state index in [1.807, 2.05) is 6.20 Å². The van der Waals surface area contributed by atoms with Crippen LogP contribution in [0.1, 0.15) is 36.1 Å². The maximum absolute atomic E-state index is 11.0. The number of carboxylic acid groups (broad SMARTS) is 1. The average Bonchev–Trinajstić information content (AvgIpc) is 3.03. The van der Waals surface area contributed by atoms with Gasteiger partial charge in [-0.15, -0.1) is 11.3 Å². The Bertz CT molecular complexity index is 658. The van der Waals surface area contributed by atoms with Gasteiger partial charge in [0.05, 0.1) is 5.92 Å². The lowest BCUT2D eigenvalue weighted by atomic mass is 9.86. The Morgan fingerprint density at radius 2 is 1.96 bits per heavy atom. The molecule has 2 N–H and O–H groups in total. The van der Waals surface area contributed by atoms with E-state index in [4.69, 9.17) is 5.11 Å². The van der Waals surface area contributed by atoms with E-state index >= 15 is 0 Å². The number of aryl methyl sites for hydroxylation is 1. The van der Waals surface area contributed by atoms with E-state index in [1.165, 1.54) is 10.4 Å². The summed E-state index contributed by atoms with van der Waals surface area (Å²) in [6.07, 6.45) is 5.39. The average molecular weight is 330 g/mol. The molecule has 1 fully saturated rings. The lowest BCUT2D eigenvalue weighted by molar-refractivity contribution is -0.142. The molecule has 1 heterocycles. The molecule has 0 bridgehead atoms. The number of nitrogens with zero attached hydrogens (tertiary/aromatic N) is 1. The van der Waals surface area contributed by atoms with Crippen LogP contribution in [0.25, 0.3) is 10.6 Å². The lowest BCUT2D eigenvalue weighted by Crippen LogP contribution is -2.34. The maximum atomic E-state index is 11.0. The van der Waals surface area contributed by atoms with Gasteiger partial charge in [0.2, 0.25) is 0 Å². The highest BCUT2D eigenvalue weighted by Gasteiger charge is 2.25. The number of rotatable bonds is 5. The molecule has 1 aliphatic rings. The minimum Gasteiger partial charge on any atom is -0.481 e. The zero-order chi connectivity index (χ0) is 16.2. The van der Waals surface area contributed by atoms with Gasteiger partial charge in [0.15, 0.2) is 0 Å². The predicted octanol–water partition coefficient (Wildman–Crippen LogP) is 3.85. The molecule has 122 valence electrons. The number of carboxylic acids is 1. The van der Waals surface area contributed by atoms with Crippen LogP contribution in [0, 0.1) is 12.8 Å². The van der Waals surface area contributed by atoms with Crippen molar-refractivity contribution in [2.45, 2.75) is 45.2 Å². The van der Waals surface area contributed by atoms with Gasteiger partial charge in [-0.2, -0.15) is 0 Å². The molecule has 5 heteroatoms. The van der Waals surface area contributed by atoms with Gasteiger partial charge in [-0.3, -0.25) is 4.79 Å². The second kappa shape index (κ2) is 7.23. The number of carbonyl (C=O) groups is 1. The number of aromatic nitrogens is 1. The first-order valence-electron chi connectivity index (χ1n) is 8.10. The predicted molar refractivity (Wildman–Crippen MR) is 92.5 cm³/mol. The van der Waals surface area contributed by atoms with E-state index in [0.29, 0.717) is 6.04 Å². The SMILES string of the molecule is Cc1ccc(-c2ncc(CNC3CCC(C(=O)O)CC3)s2)cc1. The van der Waals surface area contributed by atoms with Gasteiger partial charge in [0.25, 0.3) is 0 Å². The van der Waals surface area contributed by atoms with Crippen LogP contribution in [0.15, 0.2) is 30.5 Å². The highest BCUT2D eigenvalue weighted by Crippen LogP contribution is 2.27. The Kier molecular flexibility index (Phi) is 5.08. The number of aliphatic carboxylic acids is 1. The third-order valence-electron chi connectivity index (χ3n) is 4.49. The van der Waals surface area contributed by atoms with Gasteiger partial charge in [-0.25, -0.2) is 4.98 Å². The Balaban J connectivity index is 1.52. The van der Waals surface area contributed by atoms with Crippen molar-refractivity contribution in [2.24, 2.45) is 5.92 Å². The molecule has 3 rings (SSSR count). The number of benzene rings is 1. The Morgan fingerprint density at radius 1 is 1.26 bits per heavy atom. The van der Waals surface area contributed by atoms with Gasteiger partial charge >= 0.3 is 5.97 Å². The molecule has 0 spiro atoms. The summed E-state index contributed by atoms with van der Waals surface area (Å²) in [6.45, 7) is 2.89. The molecule has 0 atom stereocenters. The second-order valence-corrected chi connectivity index (χ2v) is 7.38. The largest absolute Gasteiger partial charge is 0.481 e. The molecule has 1 aromatic carbocycles. The first-order chi connectivity index (χ1) is 11.1. The van der Waals surface area contributed by atoms with Crippen LogP contribution in [0.2, 0.25) is 0 Å². The highest BCUT2D eigenvalue weighted by molar-refractivity contribution is 7.15. The summed E-state index contributed by atoms with van der Waals surface area (Å²) >= 11 is 1.72. The van der Waals surface area contributed by atoms with Crippen LogP contribution in [-0.2, 0) is 11.3 Å². The molecule has 1 saturated carbocycles. The van der Waals surface area contributed by atoms with Crippen molar-refractivity contribution in [1.29, 1.82) is 0 Å². The summed E-state index contributed by atoms with van der Waals surface area (Å²) in [5.74, 6) is -0.793. The zero-order valence-corrected chi connectivity index (χ0v) is 14.1. The van der Waals surface area contributed by atoms with Crippen molar-refractivity contribution in [2.75, 3.05) is 0 Å². The maximum Gasteiger partial charge on any atom is 0.306 e. The summed E-state index contributed by atoms with van der Waals surface area (Å²) in [5.41, 5.74) is 2.41. The molecule has 0 saturated heterocycles. The van der Waals surface area contributed by atoms with Gasteiger partial charge in [0.1, 0.15) is 5.01 Å². The fraction of sp³-hybridized carbons (Fsp3) is 0.444. The first-order valence-corrected chi connectivity index (χ1v) is 8.91. The van der Waals surface area contributed by atoms with Gasteiger partial charge < -0.3 is 10.4 Å². The molecule has 1 aliphatic carbocycles. The standard InChI is InChI=1S/C18H22N2O2S/c1-12-2-4-13(5-3-12)17-20-11-16(23-17)10-19-15-8-6-14(7-9-15)18(21)22/h2-5,11,14-15,19H,6-10H2,1H3,(H,21,22). The molecule has 0 radical (unpaired) electrons. The summed E-state index contributed by atoms with van der Waals surface area (Å²) < 4.78 is 0. The summed E-state index contributed by atoms with van der Waals surface area (Å²) in [4.78, 5) is 16.7. The fourth-order valence-corrected chi connectivity index (χ4v) is 3.88. The smallest absolute Gasteiger partial charge is 0.306 e. The number of hydrogen-bond acceptors (Lipinski definition) is 4. The third kappa shape index (κ3) is 4.18. The quantitative estimate of drug-likeness (QED) is 0.874. The lowest BCUT2D eigenvalue weighted by Gasteiger charge is -2.26. The van der Waals surface area contributed by atoms with Crippen LogP contribution < -0.4 is 5.32 Å². The van der Waals surface area contributed by atoms with Crippen LogP contribution in [0.3, 0.4) is 0 Å². The van der Waals surface area contributed by atoms with E-state index in [2.05, 4.69) is 41.5 Å². The van der Waals surface area contributed by atoms with Crippen LogP contribution in [-0.4, -0.2) is 22.1 Å². The normalized spacial score (nSPS) is 21.3. The third-order valence-corrected chi connectivity index (χ3v) is 5.54. The Morgan fingerprint density at radius 3 is 2.61 bits per heavy atom. The van der Waals surface area contributed by atoms with Crippen LogP contribution in [0.5, 0.6) is 0 Å². The van der Waals surface area contributed by atoms with Crippen molar-refractivity contribution >= 4 is 17.3 Å². The van der Waals surface area contributed by atoms with E-state index in [9.17, 15) is 4.79 Å². The number of thiazole rings is 1. The van der Waals surface area contributed by atoms with Crippen molar-refractivity contribution in [3.05, 3.63) is 40.9 Å². The molecular weight excluding hydrogens is 308 g/mol. The van der Waals surface area contributed by atoms with Crippen molar-refractivity contribution in [3.8, 4) is 10.6 Å². The van der Waals surface area contributed by atoms with E-state index in [-0.39, 0.29) is 5.92 Å². The van der Waals surface area contributed by atoms with E-state index in [1.54, 1.807) is 11.3 Å². The zero-order valence-electron chi connectivity index (χ0n) is 13.3. The van der Waals surface area contributed by atoms with Crippen molar-refractivity contribution < 1.29 is 9.90 Å². The minimum atomic E-state index is -0.645. The number of nitrogens with one attached hydrogen (secondary N) is 1. The molecule has 1 aromatic heterocycles. The molecular formula is C18H22N2O2S. The number of hydrogen-bond donors (Lipinski definition) is 2. The molecule has 2 aromatic rings.